The van der Waals surface area contributed by atoms with E-state index in [1.807, 2.05) is 0 Å². The van der Waals surface area contributed by atoms with Gasteiger partial charge in [0, 0.05) is 24.3 Å². The summed E-state index contributed by atoms with van der Waals surface area (Å²) in [4.78, 5) is 20.3. The Morgan fingerprint density at radius 2 is 1.42 bits per heavy atom. The van der Waals surface area contributed by atoms with Gasteiger partial charge in [-0.2, -0.15) is 0 Å². The third-order valence-corrected chi connectivity index (χ3v) is 3.64. The lowest BCUT2D eigenvalue weighted by Crippen LogP contribution is -2.26. The number of benzene rings is 2. The van der Waals surface area contributed by atoms with Crippen LogP contribution in [-0.4, -0.2) is 28.1 Å². The van der Waals surface area contributed by atoms with E-state index in [1.54, 1.807) is 24.3 Å². The summed E-state index contributed by atoms with van der Waals surface area (Å²) < 4.78 is 0. The molecule has 0 aliphatic heterocycles. The van der Waals surface area contributed by atoms with Crippen LogP contribution in [0.5, 0.6) is 0 Å². The molecule has 0 saturated carbocycles. The van der Waals surface area contributed by atoms with E-state index < -0.39 is 9.85 Å². The molecule has 24 heavy (non-hydrogen) atoms. The molecule has 126 valence electrons. The number of nitrogens with one attached hydrogen (secondary N) is 1. The van der Waals surface area contributed by atoms with E-state index in [0.29, 0.717) is 13.0 Å². The monoisotopic (exact) mass is 331 g/mol. The van der Waals surface area contributed by atoms with Gasteiger partial charge in [-0.15, -0.1) is 0 Å². The first kappa shape index (κ1) is 17.5. The number of rotatable bonds is 8. The zero-order valence-electron chi connectivity index (χ0n) is 12.8. The fourth-order valence-electron chi connectivity index (χ4n) is 2.29. The van der Waals surface area contributed by atoms with Crippen molar-refractivity contribution in [2.24, 2.45) is 0 Å². The van der Waals surface area contributed by atoms with Crippen LogP contribution in [0.15, 0.2) is 48.5 Å². The molecule has 2 aromatic rings. The summed E-state index contributed by atoms with van der Waals surface area (Å²) in [6.07, 6.45) is 0.640. The van der Waals surface area contributed by atoms with Gasteiger partial charge in [0.05, 0.1) is 22.5 Å². The lowest BCUT2D eigenvalue weighted by molar-refractivity contribution is -0.385. The Hall–Kier alpha value is -2.84. The number of nitrogens with zero attached hydrogens (tertiary/aromatic N) is 2. The molecule has 1 unspecified atom stereocenters. The summed E-state index contributed by atoms with van der Waals surface area (Å²) in [5.74, 6) is 0. The van der Waals surface area contributed by atoms with Crippen molar-refractivity contribution in [1.29, 1.82) is 0 Å². The fraction of sp³-hybridized carbons (Fsp3) is 0.250. The van der Waals surface area contributed by atoms with Crippen molar-refractivity contribution >= 4 is 11.4 Å². The molecule has 0 heterocycles. The maximum Gasteiger partial charge on any atom is 0.269 e. The van der Waals surface area contributed by atoms with Crippen molar-refractivity contribution in [3.8, 4) is 0 Å². The molecule has 0 saturated heterocycles. The Labute approximate surface area is 138 Å². The maximum atomic E-state index is 10.6. The van der Waals surface area contributed by atoms with Crippen LogP contribution in [0.1, 0.15) is 17.2 Å². The highest BCUT2D eigenvalue weighted by Crippen LogP contribution is 2.18. The molecule has 0 spiro atoms. The summed E-state index contributed by atoms with van der Waals surface area (Å²) in [6.45, 7) is 0.415. The van der Waals surface area contributed by atoms with Gasteiger partial charge in [0.25, 0.3) is 11.4 Å². The summed E-state index contributed by atoms with van der Waals surface area (Å²) in [5.41, 5.74) is 1.74. The Morgan fingerprint density at radius 3 is 1.88 bits per heavy atom. The van der Waals surface area contributed by atoms with Crippen molar-refractivity contribution in [1.82, 2.24) is 5.32 Å². The van der Waals surface area contributed by atoms with Gasteiger partial charge in [0.2, 0.25) is 0 Å². The van der Waals surface area contributed by atoms with E-state index in [9.17, 15) is 25.3 Å². The number of hydrogen-bond acceptors (Lipinski definition) is 6. The van der Waals surface area contributed by atoms with E-state index in [-0.39, 0.29) is 24.0 Å². The quantitative estimate of drug-likeness (QED) is 0.566. The van der Waals surface area contributed by atoms with E-state index in [1.165, 1.54) is 24.3 Å². The minimum absolute atomic E-state index is 0.00122. The Kier molecular flexibility index (Phi) is 5.94. The second-order valence-corrected chi connectivity index (χ2v) is 5.21. The molecule has 8 nitrogen and oxygen atoms in total. The SMILES string of the molecule is O=[N+]([O-])c1ccc(CCNC(CO)c2ccc([N+](=O)[O-])cc2)cc1. The lowest BCUT2D eigenvalue weighted by Gasteiger charge is -2.16. The molecule has 8 heteroatoms. The van der Waals surface area contributed by atoms with Gasteiger partial charge in [-0.1, -0.05) is 24.3 Å². The smallest absolute Gasteiger partial charge is 0.269 e. The van der Waals surface area contributed by atoms with E-state index in [4.69, 9.17) is 0 Å². The van der Waals surface area contributed by atoms with Gasteiger partial charge in [-0.3, -0.25) is 20.2 Å². The molecule has 1 atom stereocenters. The van der Waals surface area contributed by atoms with Gasteiger partial charge in [0.15, 0.2) is 0 Å². The van der Waals surface area contributed by atoms with Crippen molar-refractivity contribution in [3.05, 3.63) is 79.9 Å². The van der Waals surface area contributed by atoms with Crippen molar-refractivity contribution < 1.29 is 15.0 Å². The zero-order chi connectivity index (χ0) is 17.5. The number of aliphatic hydroxyl groups excluding tert-OH is 1. The van der Waals surface area contributed by atoms with Crippen LogP contribution < -0.4 is 5.32 Å². The number of aliphatic hydroxyl groups is 1. The van der Waals surface area contributed by atoms with Crippen LogP contribution in [0.3, 0.4) is 0 Å². The number of nitro groups is 2. The molecular formula is C16H17N3O5. The highest BCUT2D eigenvalue weighted by atomic mass is 16.6. The first-order chi connectivity index (χ1) is 11.5. The predicted octanol–water partition coefficient (Wildman–Crippen LogP) is 2.37. The molecule has 0 bridgehead atoms. The van der Waals surface area contributed by atoms with E-state index >= 15 is 0 Å². The molecule has 0 aliphatic rings. The second-order valence-electron chi connectivity index (χ2n) is 5.21. The Bertz CT molecular complexity index is 701. The molecular weight excluding hydrogens is 314 g/mol. The lowest BCUT2D eigenvalue weighted by atomic mass is 10.1. The number of nitro benzene ring substituents is 2. The summed E-state index contributed by atoms with van der Waals surface area (Å²) in [7, 11) is 0. The van der Waals surface area contributed by atoms with Crippen LogP contribution in [0.25, 0.3) is 0 Å². The van der Waals surface area contributed by atoms with Crippen LogP contribution in [0, 0.1) is 20.2 Å². The van der Waals surface area contributed by atoms with Crippen molar-refractivity contribution in [2.75, 3.05) is 13.2 Å². The van der Waals surface area contributed by atoms with Gasteiger partial charge in [-0.05, 0) is 24.1 Å². The highest BCUT2D eigenvalue weighted by molar-refractivity contribution is 5.34. The zero-order valence-corrected chi connectivity index (χ0v) is 12.8. The standard InChI is InChI=1S/C16H17N3O5/c20-11-16(13-3-7-15(8-4-13)19(23)24)17-10-9-12-1-5-14(6-2-12)18(21)22/h1-8,16-17,20H,9-11H2. The molecule has 0 aromatic heterocycles. The fourth-order valence-corrected chi connectivity index (χ4v) is 2.29. The molecule has 2 aromatic carbocycles. The normalized spacial score (nSPS) is 11.9. The molecule has 0 fully saturated rings. The molecule has 2 N–H and O–H groups in total. The Morgan fingerprint density at radius 1 is 0.917 bits per heavy atom. The minimum atomic E-state index is -0.472. The average molecular weight is 331 g/mol. The average Bonchev–Trinajstić information content (AvgIpc) is 2.59. The largest absolute Gasteiger partial charge is 0.394 e. The third-order valence-electron chi connectivity index (χ3n) is 3.64. The van der Waals surface area contributed by atoms with Gasteiger partial charge in [0.1, 0.15) is 0 Å². The molecule has 0 radical (unpaired) electrons. The molecule has 0 aliphatic carbocycles. The number of non-ortho nitro benzene ring substituents is 2. The van der Waals surface area contributed by atoms with Crippen molar-refractivity contribution in [2.45, 2.75) is 12.5 Å². The maximum absolute atomic E-state index is 10.6. The third kappa shape index (κ3) is 4.58. The van der Waals surface area contributed by atoms with E-state index in [2.05, 4.69) is 5.32 Å². The van der Waals surface area contributed by atoms with Crippen LogP contribution in [0.2, 0.25) is 0 Å². The first-order valence-corrected chi connectivity index (χ1v) is 7.33. The molecule has 2 rings (SSSR count). The van der Waals surface area contributed by atoms with Gasteiger partial charge < -0.3 is 10.4 Å². The summed E-state index contributed by atoms with van der Waals surface area (Å²) in [5, 5.41) is 33.9. The van der Waals surface area contributed by atoms with E-state index in [0.717, 1.165) is 11.1 Å². The number of hydrogen-bond donors (Lipinski definition) is 2. The highest BCUT2D eigenvalue weighted by Gasteiger charge is 2.12. The van der Waals surface area contributed by atoms with Crippen LogP contribution >= 0.6 is 0 Å². The Balaban J connectivity index is 1.91. The minimum Gasteiger partial charge on any atom is -0.394 e. The second kappa shape index (κ2) is 8.14. The topological polar surface area (TPSA) is 119 Å². The predicted molar refractivity (Wildman–Crippen MR) is 87.7 cm³/mol. The van der Waals surface area contributed by atoms with Crippen LogP contribution in [0.4, 0.5) is 11.4 Å². The first-order valence-electron chi connectivity index (χ1n) is 7.33. The van der Waals surface area contributed by atoms with Crippen LogP contribution in [-0.2, 0) is 6.42 Å². The molecule has 0 amide bonds. The van der Waals surface area contributed by atoms with Crippen molar-refractivity contribution in [3.63, 3.8) is 0 Å². The van der Waals surface area contributed by atoms with Gasteiger partial charge >= 0.3 is 0 Å². The summed E-state index contributed by atoms with van der Waals surface area (Å²) in [6, 6.07) is 12.0. The van der Waals surface area contributed by atoms with Gasteiger partial charge in [-0.25, -0.2) is 0 Å². The summed E-state index contributed by atoms with van der Waals surface area (Å²) >= 11 is 0.